The predicted octanol–water partition coefficient (Wildman–Crippen LogP) is 0.444. The van der Waals surface area contributed by atoms with Crippen molar-refractivity contribution in [3.8, 4) is 0 Å². The van der Waals surface area contributed by atoms with Crippen molar-refractivity contribution in [3.63, 3.8) is 0 Å². The molecule has 1 N–H and O–H groups in total. The smallest absolute Gasteiger partial charge is 0.270 e. The van der Waals surface area contributed by atoms with E-state index in [0.717, 1.165) is 0 Å². The van der Waals surface area contributed by atoms with Gasteiger partial charge in [-0.05, 0) is 5.56 Å². The summed E-state index contributed by atoms with van der Waals surface area (Å²) in [5.41, 5.74) is 2.73. The maximum atomic E-state index is 11.1. The lowest BCUT2D eigenvalue weighted by molar-refractivity contribution is -0.384. The summed E-state index contributed by atoms with van der Waals surface area (Å²) in [4.78, 5) is 29.9. The van der Waals surface area contributed by atoms with E-state index >= 15 is 0 Å². The first-order valence-electron chi connectivity index (χ1n) is 4.86. The molecule has 1 heterocycles. The van der Waals surface area contributed by atoms with E-state index < -0.39 is 11.0 Å². The van der Waals surface area contributed by atoms with Crippen LogP contribution in [0.15, 0.2) is 29.3 Å². The molecular weight excluding hydrogens is 226 g/mol. The highest BCUT2D eigenvalue weighted by Gasteiger charge is 2.23. The molecule has 1 fully saturated rings. The third kappa shape index (κ3) is 2.64. The van der Waals surface area contributed by atoms with Gasteiger partial charge in [0, 0.05) is 18.3 Å². The van der Waals surface area contributed by atoms with Gasteiger partial charge in [-0.25, -0.2) is 5.48 Å². The molecule has 1 aliphatic rings. The van der Waals surface area contributed by atoms with Crippen molar-refractivity contribution in [2.75, 3.05) is 6.61 Å². The van der Waals surface area contributed by atoms with Gasteiger partial charge in [-0.15, -0.1) is 0 Å². The molecule has 1 saturated heterocycles. The number of hydrogen-bond donors (Lipinski definition) is 1. The van der Waals surface area contributed by atoms with Gasteiger partial charge >= 0.3 is 0 Å². The average molecular weight is 235 g/mol. The molecule has 1 atom stereocenters. The van der Waals surface area contributed by atoms with Crippen molar-refractivity contribution in [1.82, 2.24) is 5.48 Å². The monoisotopic (exact) mass is 235 g/mol. The molecule has 1 aromatic rings. The topological polar surface area (TPSA) is 93.8 Å². The molecule has 1 unspecified atom stereocenters. The highest BCUT2D eigenvalue weighted by molar-refractivity contribution is 5.87. The highest BCUT2D eigenvalue weighted by atomic mass is 16.7. The minimum absolute atomic E-state index is 0.0129. The number of aliphatic imine (C=N–C) groups is 1. The van der Waals surface area contributed by atoms with Crippen LogP contribution in [0.5, 0.6) is 0 Å². The van der Waals surface area contributed by atoms with Gasteiger partial charge in [0.05, 0.1) is 4.92 Å². The van der Waals surface area contributed by atoms with Crippen LogP contribution in [0.25, 0.3) is 0 Å². The van der Waals surface area contributed by atoms with E-state index in [0.29, 0.717) is 5.56 Å². The molecule has 1 amide bonds. The third-order valence-electron chi connectivity index (χ3n) is 2.20. The molecule has 7 heteroatoms. The fourth-order valence-corrected chi connectivity index (χ4v) is 1.34. The van der Waals surface area contributed by atoms with Crippen molar-refractivity contribution in [3.05, 3.63) is 39.9 Å². The minimum atomic E-state index is -0.589. The molecule has 1 aromatic carbocycles. The second-order valence-corrected chi connectivity index (χ2v) is 3.42. The quantitative estimate of drug-likeness (QED) is 0.467. The molecule has 0 bridgehead atoms. The summed E-state index contributed by atoms with van der Waals surface area (Å²) in [6.07, 6.45) is 1.42. The van der Waals surface area contributed by atoms with Crippen molar-refractivity contribution < 1.29 is 14.6 Å². The average Bonchev–Trinajstić information content (AvgIpc) is 2.72. The van der Waals surface area contributed by atoms with Crippen molar-refractivity contribution in [2.24, 2.45) is 4.99 Å². The lowest BCUT2D eigenvalue weighted by Gasteiger charge is -1.97. The van der Waals surface area contributed by atoms with Crippen molar-refractivity contribution >= 4 is 17.8 Å². The Bertz CT molecular complexity index is 486. The fraction of sp³-hybridized carbons (Fsp3) is 0.200. The molecule has 7 nitrogen and oxygen atoms in total. The number of benzene rings is 1. The Morgan fingerprint density at radius 1 is 1.59 bits per heavy atom. The van der Waals surface area contributed by atoms with E-state index in [-0.39, 0.29) is 18.2 Å². The van der Waals surface area contributed by atoms with E-state index in [1.807, 2.05) is 0 Å². The Labute approximate surface area is 96.2 Å². The van der Waals surface area contributed by atoms with E-state index in [2.05, 4.69) is 10.5 Å². The van der Waals surface area contributed by atoms with Gasteiger partial charge in [-0.3, -0.25) is 24.7 Å². The van der Waals surface area contributed by atoms with Crippen LogP contribution in [0.3, 0.4) is 0 Å². The lowest BCUT2D eigenvalue weighted by atomic mass is 10.2. The molecule has 1 aliphatic heterocycles. The van der Waals surface area contributed by atoms with E-state index in [1.165, 1.54) is 18.3 Å². The Kier molecular flexibility index (Phi) is 3.10. The summed E-state index contributed by atoms with van der Waals surface area (Å²) in [6, 6.07) is 5.42. The maximum Gasteiger partial charge on any atom is 0.270 e. The lowest BCUT2D eigenvalue weighted by Crippen LogP contribution is -2.21. The molecule has 0 spiro atoms. The predicted molar refractivity (Wildman–Crippen MR) is 58.6 cm³/mol. The zero-order valence-corrected chi connectivity index (χ0v) is 8.70. The zero-order chi connectivity index (χ0) is 12.3. The Morgan fingerprint density at radius 2 is 2.41 bits per heavy atom. The van der Waals surface area contributed by atoms with Gasteiger partial charge in [-0.2, -0.15) is 0 Å². The van der Waals surface area contributed by atoms with Gasteiger partial charge < -0.3 is 0 Å². The summed E-state index contributed by atoms with van der Waals surface area (Å²) in [5.74, 6) is -0.313. The number of nitrogens with zero attached hydrogens (tertiary/aromatic N) is 2. The SMILES string of the molecule is O=C1NOCC1N=Cc1cccc([N+](=O)[O-])c1. The number of non-ortho nitro benzene ring substituents is 1. The number of carbonyl (C=O) groups excluding carboxylic acids is 1. The van der Waals surface area contributed by atoms with Crippen LogP contribution in [-0.2, 0) is 9.63 Å². The standard InChI is InChI=1S/C10H9N3O4/c14-10-9(6-17-12-10)11-5-7-2-1-3-8(4-7)13(15)16/h1-5,9H,6H2,(H,12,14). The summed E-state index contributed by atoms with van der Waals surface area (Å²) >= 11 is 0. The first-order chi connectivity index (χ1) is 8.16. The fourth-order valence-electron chi connectivity index (χ4n) is 1.34. The van der Waals surface area contributed by atoms with Crippen LogP contribution in [0.1, 0.15) is 5.56 Å². The van der Waals surface area contributed by atoms with Gasteiger partial charge in [0.2, 0.25) is 0 Å². The van der Waals surface area contributed by atoms with Crippen LogP contribution in [-0.4, -0.2) is 29.7 Å². The molecule has 0 radical (unpaired) electrons. The van der Waals surface area contributed by atoms with Gasteiger partial charge in [0.1, 0.15) is 6.61 Å². The number of amides is 1. The number of nitro benzene ring substituents is 1. The summed E-state index contributed by atoms with van der Waals surface area (Å²) in [7, 11) is 0. The normalized spacial score (nSPS) is 19.5. The molecule has 17 heavy (non-hydrogen) atoms. The number of carbonyl (C=O) groups is 1. The molecule has 88 valence electrons. The Balaban J connectivity index is 2.12. The summed E-state index contributed by atoms with van der Waals surface area (Å²) < 4.78 is 0. The second-order valence-electron chi connectivity index (χ2n) is 3.42. The Morgan fingerprint density at radius 3 is 3.06 bits per heavy atom. The number of hydrogen-bond acceptors (Lipinski definition) is 5. The van der Waals surface area contributed by atoms with Crippen LogP contribution in [0.4, 0.5) is 5.69 Å². The van der Waals surface area contributed by atoms with Gasteiger partial charge in [-0.1, -0.05) is 12.1 Å². The third-order valence-corrected chi connectivity index (χ3v) is 2.20. The second kappa shape index (κ2) is 4.71. The van der Waals surface area contributed by atoms with E-state index in [4.69, 9.17) is 4.84 Å². The summed E-state index contributed by atoms with van der Waals surface area (Å²) in [6.45, 7) is 0.171. The molecule has 0 aromatic heterocycles. The van der Waals surface area contributed by atoms with Crippen LogP contribution in [0.2, 0.25) is 0 Å². The Hall–Kier alpha value is -2.28. The van der Waals surface area contributed by atoms with Crippen LogP contribution < -0.4 is 5.48 Å². The van der Waals surface area contributed by atoms with E-state index in [1.54, 1.807) is 12.1 Å². The number of rotatable bonds is 3. The number of nitro groups is 1. The largest absolute Gasteiger partial charge is 0.277 e. The molecule has 0 aliphatic carbocycles. The first kappa shape index (κ1) is 11.2. The maximum absolute atomic E-state index is 11.1. The summed E-state index contributed by atoms with van der Waals surface area (Å²) in [5, 5.41) is 10.5. The number of hydroxylamine groups is 1. The van der Waals surface area contributed by atoms with E-state index in [9.17, 15) is 14.9 Å². The van der Waals surface area contributed by atoms with Gasteiger partial charge in [0.25, 0.3) is 11.6 Å². The van der Waals surface area contributed by atoms with Crippen molar-refractivity contribution in [2.45, 2.75) is 6.04 Å². The number of nitrogens with one attached hydrogen (secondary N) is 1. The molecule has 2 rings (SSSR count). The highest BCUT2D eigenvalue weighted by Crippen LogP contribution is 2.12. The minimum Gasteiger partial charge on any atom is -0.277 e. The van der Waals surface area contributed by atoms with Crippen LogP contribution in [0, 0.1) is 10.1 Å². The van der Waals surface area contributed by atoms with Gasteiger partial charge in [0.15, 0.2) is 6.04 Å². The van der Waals surface area contributed by atoms with Crippen LogP contribution >= 0.6 is 0 Å². The first-order valence-corrected chi connectivity index (χ1v) is 4.86. The molecular formula is C10H9N3O4. The van der Waals surface area contributed by atoms with Crippen molar-refractivity contribution in [1.29, 1.82) is 0 Å². The molecule has 0 saturated carbocycles. The zero-order valence-electron chi connectivity index (χ0n) is 8.70.